The largest absolute Gasteiger partial charge is 0.469 e. The van der Waals surface area contributed by atoms with E-state index in [1.165, 1.54) is 57.8 Å². The average molecular weight is 552 g/mol. The highest BCUT2D eigenvalue weighted by atomic mass is 31.2. The summed E-state index contributed by atoms with van der Waals surface area (Å²) in [7, 11) is -4.38. The van der Waals surface area contributed by atoms with Crippen molar-refractivity contribution in [3.05, 3.63) is 0 Å². The van der Waals surface area contributed by atoms with Gasteiger partial charge in [-0.3, -0.25) is 4.52 Å². The van der Waals surface area contributed by atoms with Crippen molar-refractivity contribution in [2.24, 2.45) is 29.6 Å². The van der Waals surface area contributed by atoms with Gasteiger partial charge in [0.1, 0.15) is 0 Å². The molecule has 0 heterocycles. The van der Waals surface area contributed by atoms with E-state index in [4.69, 9.17) is 19.4 Å². The van der Waals surface area contributed by atoms with Crippen LogP contribution in [0.15, 0.2) is 0 Å². The van der Waals surface area contributed by atoms with Gasteiger partial charge in [0, 0.05) is 6.54 Å². The van der Waals surface area contributed by atoms with Gasteiger partial charge in [0.05, 0.1) is 13.2 Å². The van der Waals surface area contributed by atoms with Crippen LogP contribution < -0.4 is 0 Å². The number of phosphoric ester groups is 1. The third-order valence-electron chi connectivity index (χ3n) is 7.28. The topological polar surface area (TPSA) is 90.2 Å². The molecule has 3 atom stereocenters. The number of nitrogens with zero attached hydrogens (tertiary/aromatic N) is 1. The number of hydrogen-bond acceptors (Lipinski definition) is 4. The first-order valence-electron chi connectivity index (χ1n) is 15.4. The highest BCUT2D eigenvalue weighted by Crippen LogP contribution is 2.38. The molecule has 0 saturated carbocycles. The van der Waals surface area contributed by atoms with Crippen LogP contribution in [0.25, 0.3) is 0 Å². The minimum absolute atomic E-state index is 0.172. The molecule has 0 aliphatic carbocycles. The molecule has 0 aromatic heterocycles. The van der Waals surface area contributed by atoms with Crippen LogP contribution in [-0.4, -0.2) is 52.6 Å². The summed E-state index contributed by atoms with van der Waals surface area (Å²) in [6.45, 7) is 21.5. The first-order valence-corrected chi connectivity index (χ1v) is 16.9. The van der Waals surface area contributed by atoms with Crippen molar-refractivity contribution >= 4 is 7.82 Å². The van der Waals surface area contributed by atoms with Crippen molar-refractivity contribution in [3.63, 3.8) is 0 Å². The van der Waals surface area contributed by atoms with E-state index in [0.29, 0.717) is 24.4 Å². The molecule has 37 heavy (non-hydrogen) atoms. The highest BCUT2D eigenvalue weighted by molar-refractivity contribution is 7.46. The first-order chi connectivity index (χ1) is 17.4. The van der Waals surface area contributed by atoms with Crippen molar-refractivity contribution < 1.29 is 24.0 Å². The average Bonchev–Trinajstić information content (AvgIpc) is 2.80. The molecule has 226 valence electrons. The zero-order valence-corrected chi connectivity index (χ0v) is 26.9. The van der Waals surface area contributed by atoms with E-state index in [9.17, 15) is 4.57 Å². The van der Waals surface area contributed by atoms with Gasteiger partial charge in [0.15, 0.2) is 0 Å². The molecule has 0 aliphatic heterocycles. The minimum Gasteiger partial charge on any atom is -0.395 e. The summed E-state index contributed by atoms with van der Waals surface area (Å²) in [5.41, 5.74) is 0. The lowest BCUT2D eigenvalue weighted by Crippen LogP contribution is -2.28. The van der Waals surface area contributed by atoms with E-state index < -0.39 is 7.82 Å². The van der Waals surface area contributed by atoms with E-state index in [-0.39, 0.29) is 12.5 Å². The van der Waals surface area contributed by atoms with Gasteiger partial charge < -0.3 is 19.8 Å². The van der Waals surface area contributed by atoms with E-state index in [1.54, 1.807) is 0 Å². The fourth-order valence-electron chi connectivity index (χ4n) is 4.57. The van der Waals surface area contributed by atoms with Crippen LogP contribution in [0.5, 0.6) is 0 Å². The maximum atomic E-state index is 11.1. The van der Waals surface area contributed by atoms with Crippen LogP contribution in [0.3, 0.4) is 0 Å². The van der Waals surface area contributed by atoms with Crippen molar-refractivity contribution in [2.75, 3.05) is 32.8 Å². The molecule has 3 N–H and O–H groups in total. The molecule has 0 fully saturated rings. The Morgan fingerprint density at radius 3 is 1.65 bits per heavy atom. The molecule has 0 aliphatic rings. The number of aliphatic hydroxyl groups is 1. The fraction of sp³-hybridized carbons (Fsp3) is 1.00. The standard InChI is InChI=1S/C20H43O4P.C10H23NO/c1-16(2)9-7-11-18(5)13-14-20(15-24-25(21,22)23)19(6)12-8-10-17(3)4;1-3-5-7-11(9-10-12)8-6-4-2/h16-20H,7-15H2,1-6H3,(H2,21,22,23);12H,3-10H2,1-2H3. The summed E-state index contributed by atoms with van der Waals surface area (Å²) in [5.74, 6) is 2.80. The summed E-state index contributed by atoms with van der Waals surface area (Å²) in [4.78, 5) is 20.4. The fourth-order valence-corrected chi connectivity index (χ4v) is 4.95. The van der Waals surface area contributed by atoms with Crippen LogP contribution in [0.1, 0.15) is 132 Å². The summed E-state index contributed by atoms with van der Waals surface area (Å²) < 4.78 is 15.9. The van der Waals surface area contributed by atoms with Crippen LogP contribution >= 0.6 is 7.82 Å². The van der Waals surface area contributed by atoms with Crippen LogP contribution in [-0.2, 0) is 9.09 Å². The third kappa shape index (κ3) is 28.8. The third-order valence-corrected chi connectivity index (χ3v) is 7.77. The number of rotatable bonds is 23. The zero-order chi connectivity index (χ0) is 28.7. The molecule has 0 aromatic carbocycles. The van der Waals surface area contributed by atoms with Crippen LogP contribution in [0.4, 0.5) is 0 Å². The second-order valence-electron chi connectivity index (χ2n) is 12.1. The SMILES string of the molecule is CC(C)CCCC(C)CCC(COP(=O)(O)O)C(C)CCCC(C)C.CCCCN(CCO)CCCC. The van der Waals surface area contributed by atoms with E-state index in [2.05, 4.69) is 60.3 Å². The molecular formula is C30H66NO5P. The van der Waals surface area contributed by atoms with Crippen LogP contribution in [0.2, 0.25) is 0 Å². The Morgan fingerprint density at radius 1 is 0.703 bits per heavy atom. The van der Waals surface area contributed by atoms with Gasteiger partial charge >= 0.3 is 7.82 Å². The Kier molecular flexibility index (Phi) is 26.5. The molecule has 0 aromatic rings. The van der Waals surface area contributed by atoms with Crippen molar-refractivity contribution in [3.8, 4) is 0 Å². The second kappa shape index (κ2) is 25.0. The molecule has 7 heteroatoms. The number of aliphatic hydroxyl groups excluding tert-OH is 1. The summed E-state index contributed by atoms with van der Waals surface area (Å²) in [6.07, 6.45) is 14.4. The van der Waals surface area contributed by atoms with Gasteiger partial charge in [-0.25, -0.2) is 4.57 Å². The summed E-state index contributed by atoms with van der Waals surface area (Å²) in [5, 5.41) is 8.79. The van der Waals surface area contributed by atoms with Crippen molar-refractivity contribution in [1.82, 2.24) is 4.90 Å². The molecule has 0 saturated heterocycles. The Morgan fingerprint density at radius 2 is 1.22 bits per heavy atom. The molecule has 3 unspecified atom stereocenters. The zero-order valence-electron chi connectivity index (χ0n) is 26.0. The number of phosphoric acid groups is 1. The predicted molar refractivity (Wildman–Crippen MR) is 160 cm³/mol. The van der Waals surface area contributed by atoms with Crippen LogP contribution in [0, 0.1) is 29.6 Å². The van der Waals surface area contributed by atoms with E-state index in [0.717, 1.165) is 44.8 Å². The second-order valence-corrected chi connectivity index (χ2v) is 13.4. The molecule has 0 bridgehead atoms. The van der Waals surface area contributed by atoms with E-state index in [1.807, 2.05) is 0 Å². The molecular weight excluding hydrogens is 485 g/mol. The van der Waals surface area contributed by atoms with Crippen molar-refractivity contribution in [2.45, 2.75) is 132 Å². The molecule has 0 spiro atoms. The van der Waals surface area contributed by atoms with Gasteiger partial charge in [0.2, 0.25) is 0 Å². The summed E-state index contributed by atoms with van der Waals surface area (Å²) in [6, 6.07) is 0. The quantitative estimate of drug-likeness (QED) is 0.111. The monoisotopic (exact) mass is 551 g/mol. The Labute approximate surface area is 231 Å². The maximum Gasteiger partial charge on any atom is 0.469 e. The van der Waals surface area contributed by atoms with Gasteiger partial charge in [-0.15, -0.1) is 0 Å². The first kappa shape index (κ1) is 39.2. The predicted octanol–water partition coefficient (Wildman–Crippen LogP) is 8.30. The molecule has 6 nitrogen and oxygen atoms in total. The molecule has 0 amide bonds. The van der Waals surface area contributed by atoms with Gasteiger partial charge in [-0.05, 0) is 61.9 Å². The van der Waals surface area contributed by atoms with E-state index >= 15 is 0 Å². The Hall–Kier alpha value is 0.0300. The normalized spacial score (nSPS) is 14.6. The summed E-state index contributed by atoms with van der Waals surface area (Å²) >= 11 is 0. The van der Waals surface area contributed by atoms with Gasteiger partial charge in [0.25, 0.3) is 0 Å². The molecule has 0 rings (SSSR count). The van der Waals surface area contributed by atoms with Crippen molar-refractivity contribution in [1.29, 1.82) is 0 Å². The maximum absolute atomic E-state index is 11.1. The lowest BCUT2D eigenvalue weighted by Gasteiger charge is -2.26. The number of unbranched alkanes of at least 4 members (excludes halogenated alkanes) is 2. The lowest BCUT2D eigenvalue weighted by atomic mass is 9.83. The van der Waals surface area contributed by atoms with Gasteiger partial charge in [-0.1, -0.05) is 113 Å². The lowest BCUT2D eigenvalue weighted by molar-refractivity contribution is 0.132. The Bertz CT molecular complexity index is 518. The highest BCUT2D eigenvalue weighted by Gasteiger charge is 2.23. The smallest absolute Gasteiger partial charge is 0.395 e. The molecule has 0 radical (unpaired) electrons. The Balaban J connectivity index is 0. The number of hydrogen-bond donors (Lipinski definition) is 3. The van der Waals surface area contributed by atoms with Gasteiger partial charge in [-0.2, -0.15) is 0 Å². The minimum atomic E-state index is -4.38.